The van der Waals surface area contributed by atoms with Crippen molar-refractivity contribution in [2.75, 3.05) is 13.2 Å². The molecule has 0 aromatic carbocycles. The summed E-state index contributed by atoms with van der Waals surface area (Å²) in [5.41, 5.74) is 1.84. The molecular formula is C10H11F3N2O. The van der Waals surface area contributed by atoms with Crippen molar-refractivity contribution in [3.8, 4) is 5.75 Å². The van der Waals surface area contributed by atoms with Crippen molar-refractivity contribution >= 4 is 0 Å². The van der Waals surface area contributed by atoms with Crippen LogP contribution in [0.25, 0.3) is 0 Å². The first-order chi connectivity index (χ1) is 7.54. The predicted octanol–water partition coefficient (Wildman–Crippen LogP) is 1.67. The summed E-state index contributed by atoms with van der Waals surface area (Å²) < 4.78 is 40.4. The van der Waals surface area contributed by atoms with Crippen LogP contribution in [0.1, 0.15) is 11.3 Å². The summed E-state index contributed by atoms with van der Waals surface area (Å²) in [5, 5.41) is 3.12. The van der Waals surface area contributed by atoms with Gasteiger partial charge >= 0.3 is 6.18 Å². The van der Waals surface area contributed by atoms with E-state index in [4.69, 9.17) is 0 Å². The molecule has 0 amide bonds. The molecule has 1 aromatic heterocycles. The summed E-state index contributed by atoms with van der Waals surface area (Å²) in [5.74, 6) is 0.166. The Morgan fingerprint density at radius 1 is 1.44 bits per heavy atom. The molecule has 16 heavy (non-hydrogen) atoms. The molecule has 0 unspecified atom stereocenters. The van der Waals surface area contributed by atoms with Gasteiger partial charge in [-0.05, 0) is 11.6 Å². The average molecular weight is 232 g/mol. The van der Waals surface area contributed by atoms with E-state index in [1.807, 2.05) is 0 Å². The van der Waals surface area contributed by atoms with Crippen molar-refractivity contribution in [1.82, 2.24) is 10.3 Å². The SMILES string of the molecule is FC(F)(F)COc1cnc2c(c1)CNCC2. The lowest BCUT2D eigenvalue weighted by molar-refractivity contribution is -0.153. The van der Waals surface area contributed by atoms with Crippen LogP contribution in [-0.2, 0) is 13.0 Å². The standard InChI is InChI=1S/C10H11F3N2O/c11-10(12,13)6-16-8-3-7-4-14-2-1-9(7)15-5-8/h3,5,14H,1-2,4,6H2. The van der Waals surface area contributed by atoms with Crippen molar-refractivity contribution in [3.05, 3.63) is 23.5 Å². The Labute approximate surface area is 90.6 Å². The van der Waals surface area contributed by atoms with Crippen LogP contribution in [0.5, 0.6) is 5.75 Å². The molecule has 0 spiro atoms. The van der Waals surface area contributed by atoms with E-state index in [2.05, 4.69) is 15.0 Å². The second-order valence-corrected chi connectivity index (χ2v) is 3.61. The smallest absolute Gasteiger partial charge is 0.422 e. The maximum Gasteiger partial charge on any atom is 0.422 e. The normalized spacial score (nSPS) is 15.7. The molecule has 0 atom stereocenters. The van der Waals surface area contributed by atoms with Crippen LogP contribution in [-0.4, -0.2) is 24.3 Å². The minimum absolute atomic E-state index is 0.166. The highest BCUT2D eigenvalue weighted by atomic mass is 19.4. The Kier molecular flexibility index (Phi) is 3.00. The zero-order valence-electron chi connectivity index (χ0n) is 8.47. The lowest BCUT2D eigenvalue weighted by Crippen LogP contribution is -2.25. The van der Waals surface area contributed by atoms with Gasteiger partial charge in [-0.3, -0.25) is 4.98 Å². The van der Waals surface area contributed by atoms with Gasteiger partial charge in [0.1, 0.15) is 5.75 Å². The lowest BCUT2D eigenvalue weighted by atomic mass is 10.1. The molecule has 0 aliphatic carbocycles. The fraction of sp³-hybridized carbons (Fsp3) is 0.500. The number of fused-ring (bicyclic) bond motifs is 1. The zero-order valence-corrected chi connectivity index (χ0v) is 8.47. The van der Waals surface area contributed by atoms with E-state index in [1.165, 1.54) is 6.20 Å². The highest BCUT2D eigenvalue weighted by Gasteiger charge is 2.28. The molecule has 3 nitrogen and oxygen atoms in total. The number of nitrogens with one attached hydrogen (secondary N) is 1. The van der Waals surface area contributed by atoms with E-state index >= 15 is 0 Å². The van der Waals surface area contributed by atoms with Gasteiger partial charge in [0.05, 0.1) is 6.20 Å². The number of alkyl halides is 3. The van der Waals surface area contributed by atoms with Gasteiger partial charge in [0.15, 0.2) is 6.61 Å². The lowest BCUT2D eigenvalue weighted by Gasteiger charge is -2.17. The van der Waals surface area contributed by atoms with Crippen LogP contribution in [0.4, 0.5) is 13.2 Å². The van der Waals surface area contributed by atoms with Gasteiger partial charge in [-0.2, -0.15) is 13.2 Å². The Hall–Kier alpha value is -1.30. The van der Waals surface area contributed by atoms with Crippen molar-refractivity contribution in [3.63, 3.8) is 0 Å². The highest BCUT2D eigenvalue weighted by molar-refractivity contribution is 5.30. The van der Waals surface area contributed by atoms with Crippen LogP contribution >= 0.6 is 0 Å². The minimum atomic E-state index is -4.31. The molecule has 0 fully saturated rings. The second-order valence-electron chi connectivity index (χ2n) is 3.61. The second kappa shape index (κ2) is 4.29. The van der Waals surface area contributed by atoms with Crippen LogP contribution in [0.15, 0.2) is 12.3 Å². The average Bonchev–Trinajstić information content (AvgIpc) is 2.25. The highest BCUT2D eigenvalue weighted by Crippen LogP contribution is 2.21. The molecule has 0 saturated heterocycles. The molecule has 1 aromatic rings. The molecule has 2 heterocycles. The van der Waals surface area contributed by atoms with Gasteiger partial charge in [-0.25, -0.2) is 0 Å². The fourth-order valence-electron chi connectivity index (χ4n) is 1.57. The van der Waals surface area contributed by atoms with E-state index < -0.39 is 12.8 Å². The molecular weight excluding hydrogens is 221 g/mol. The van der Waals surface area contributed by atoms with Crippen LogP contribution in [0, 0.1) is 0 Å². The summed E-state index contributed by atoms with van der Waals surface area (Å²) in [7, 11) is 0. The number of ether oxygens (including phenoxy) is 1. The quantitative estimate of drug-likeness (QED) is 0.842. The summed E-state index contributed by atoms with van der Waals surface area (Å²) in [6, 6.07) is 1.61. The van der Waals surface area contributed by atoms with Gasteiger partial charge in [-0.1, -0.05) is 0 Å². The van der Waals surface area contributed by atoms with E-state index in [0.717, 1.165) is 24.2 Å². The molecule has 1 aliphatic rings. The number of aromatic nitrogens is 1. The van der Waals surface area contributed by atoms with Crippen molar-refractivity contribution in [2.45, 2.75) is 19.1 Å². The van der Waals surface area contributed by atoms with Crippen molar-refractivity contribution in [2.24, 2.45) is 0 Å². The number of hydrogen-bond acceptors (Lipinski definition) is 3. The summed E-state index contributed by atoms with van der Waals surface area (Å²) in [4.78, 5) is 4.09. The van der Waals surface area contributed by atoms with E-state index in [-0.39, 0.29) is 5.75 Å². The van der Waals surface area contributed by atoms with Gasteiger partial charge < -0.3 is 10.1 Å². The molecule has 0 radical (unpaired) electrons. The molecule has 0 bridgehead atoms. The number of pyridine rings is 1. The monoisotopic (exact) mass is 232 g/mol. The largest absolute Gasteiger partial charge is 0.482 e. The van der Waals surface area contributed by atoms with Gasteiger partial charge in [-0.15, -0.1) is 0 Å². The topological polar surface area (TPSA) is 34.1 Å². The molecule has 1 aliphatic heterocycles. The molecule has 0 saturated carbocycles. The zero-order chi connectivity index (χ0) is 11.6. The molecule has 6 heteroatoms. The molecule has 88 valence electrons. The maximum atomic E-state index is 11.9. The molecule has 1 N–H and O–H groups in total. The number of nitrogens with zero attached hydrogens (tertiary/aromatic N) is 1. The molecule has 2 rings (SSSR count). The Morgan fingerprint density at radius 2 is 2.25 bits per heavy atom. The van der Waals surface area contributed by atoms with Gasteiger partial charge in [0.25, 0.3) is 0 Å². The summed E-state index contributed by atoms with van der Waals surface area (Å²) in [6.45, 7) is 0.204. The van der Waals surface area contributed by atoms with Crippen LogP contribution in [0.2, 0.25) is 0 Å². The van der Waals surface area contributed by atoms with Crippen LogP contribution < -0.4 is 10.1 Å². The summed E-state index contributed by atoms with van der Waals surface area (Å²) in [6.07, 6.45) is -2.17. The van der Waals surface area contributed by atoms with E-state index in [1.54, 1.807) is 6.07 Å². The third kappa shape index (κ3) is 2.85. The first kappa shape index (κ1) is 11.2. The Bertz CT molecular complexity index is 379. The summed E-state index contributed by atoms with van der Waals surface area (Å²) >= 11 is 0. The number of halogens is 3. The van der Waals surface area contributed by atoms with Gasteiger partial charge in [0, 0.05) is 25.2 Å². The minimum Gasteiger partial charge on any atom is -0.482 e. The third-order valence-corrected chi connectivity index (χ3v) is 2.29. The van der Waals surface area contributed by atoms with Gasteiger partial charge in [0.2, 0.25) is 0 Å². The first-order valence-corrected chi connectivity index (χ1v) is 4.93. The van der Waals surface area contributed by atoms with Crippen molar-refractivity contribution < 1.29 is 17.9 Å². The van der Waals surface area contributed by atoms with E-state index in [0.29, 0.717) is 6.54 Å². The third-order valence-electron chi connectivity index (χ3n) is 2.29. The van der Waals surface area contributed by atoms with E-state index in [9.17, 15) is 13.2 Å². The number of hydrogen-bond donors (Lipinski definition) is 1. The predicted molar refractivity (Wildman–Crippen MR) is 51.2 cm³/mol. The van der Waals surface area contributed by atoms with Crippen LogP contribution in [0.3, 0.4) is 0 Å². The Balaban J connectivity index is 2.06. The maximum absolute atomic E-state index is 11.9. The Morgan fingerprint density at radius 3 is 3.00 bits per heavy atom. The first-order valence-electron chi connectivity index (χ1n) is 4.93. The number of rotatable bonds is 2. The van der Waals surface area contributed by atoms with Crippen molar-refractivity contribution in [1.29, 1.82) is 0 Å². The fourth-order valence-corrected chi connectivity index (χ4v) is 1.57.